The van der Waals surface area contributed by atoms with Crippen molar-refractivity contribution < 1.29 is 4.74 Å². The molecule has 0 N–H and O–H groups in total. The van der Waals surface area contributed by atoms with Crippen LogP contribution < -0.4 is 9.64 Å². The number of fused-ring (bicyclic) bond motifs is 21. The Labute approximate surface area is 375 Å². The second kappa shape index (κ2) is 13.5. The molecule has 0 radical (unpaired) electrons. The fraction of sp³-hybridized carbons (Fsp3) is 0.0164. The Morgan fingerprint density at radius 1 is 0.328 bits per heavy atom. The van der Waals surface area contributed by atoms with E-state index in [0.29, 0.717) is 0 Å². The van der Waals surface area contributed by atoms with Crippen LogP contribution in [0, 0.1) is 0 Å². The third kappa shape index (κ3) is 4.85. The van der Waals surface area contributed by atoms with Crippen molar-refractivity contribution in [1.82, 2.24) is 0 Å². The van der Waals surface area contributed by atoms with E-state index < -0.39 is 5.41 Å². The van der Waals surface area contributed by atoms with Gasteiger partial charge in [0.15, 0.2) is 0 Å². The Kier molecular flexibility index (Phi) is 7.51. The van der Waals surface area contributed by atoms with Gasteiger partial charge in [-0.25, -0.2) is 0 Å². The minimum atomic E-state index is -0.632. The van der Waals surface area contributed by atoms with Gasteiger partial charge >= 0.3 is 0 Å². The van der Waals surface area contributed by atoms with Crippen LogP contribution in [0.4, 0.5) is 17.1 Å². The number of para-hydroxylation sites is 3. The molecule has 3 heteroatoms. The summed E-state index contributed by atoms with van der Waals surface area (Å²) in [5.41, 5.74) is 20.0. The van der Waals surface area contributed by atoms with Gasteiger partial charge in [0, 0.05) is 53.9 Å². The number of hydrogen-bond donors (Lipinski definition) is 0. The second-order valence-electron chi connectivity index (χ2n) is 17.1. The standard InChI is InChI=1S/C61H37NOS/c1-2-16-38(17-3-1)62(39-30-32-43-46-21-8-13-27-56(46)63-57-28-14-9-22-47(57)51(43)36-39)40-31-33-45-42-19-5-4-18-41(42)44-20-6-11-25-52(44)61(55(45)37-40)53-26-12-7-24-50(53)59-54(61)35-34-49-48-23-10-15-29-58(48)64-60(49)59/h1-37H. The van der Waals surface area contributed by atoms with E-state index in [1.807, 2.05) is 17.4 Å². The van der Waals surface area contributed by atoms with Gasteiger partial charge in [-0.1, -0.05) is 170 Å². The van der Waals surface area contributed by atoms with Crippen molar-refractivity contribution in [3.8, 4) is 67.1 Å². The number of thiophene rings is 1. The van der Waals surface area contributed by atoms with Gasteiger partial charge in [0.05, 0.1) is 5.41 Å². The summed E-state index contributed by atoms with van der Waals surface area (Å²) < 4.78 is 9.29. The maximum Gasteiger partial charge on any atom is 0.135 e. The highest BCUT2D eigenvalue weighted by Crippen LogP contribution is 2.64. The predicted molar refractivity (Wildman–Crippen MR) is 267 cm³/mol. The zero-order valence-corrected chi connectivity index (χ0v) is 35.4. The Morgan fingerprint density at radius 2 is 0.859 bits per heavy atom. The smallest absolute Gasteiger partial charge is 0.135 e. The highest BCUT2D eigenvalue weighted by molar-refractivity contribution is 7.26. The molecule has 11 aromatic rings. The van der Waals surface area contributed by atoms with E-state index in [1.165, 1.54) is 75.8 Å². The lowest BCUT2D eigenvalue weighted by Gasteiger charge is -2.36. The molecule has 0 amide bonds. The molecule has 1 unspecified atom stereocenters. The lowest BCUT2D eigenvalue weighted by molar-refractivity contribution is 0.488. The molecular weight excluding hydrogens is 795 g/mol. The molecule has 298 valence electrons. The Morgan fingerprint density at radius 3 is 1.61 bits per heavy atom. The first kappa shape index (κ1) is 35.6. The van der Waals surface area contributed by atoms with E-state index in [0.717, 1.165) is 50.8 Å². The fourth-order valence-corrected chi connectivity index (χ4v) is 12.6. The van der Waals surface area contributed by atoms with E-state index in [1.54, 1.807) is 0 Å². The predicted octanol–water partition coefficient (Wildman–Crippen LogP) is 17.0. The van der Waals surface area contributed by atoms with Gasteiger partial charge in [0.25, 0.3) is 0 Å². The summed E-state index contributed by atoms with van der Waals surface area (Å²) in [5.74, 6) is 1.72. The first-order valence-electron chi connectivity index (χ1n) is 22.0. The topological polar surface area (TPSA) is 12.5 Å². The molecule has 0 saturated heterocycles. The van der Waals surface area contributed by atoms with E-state index in [-0.39, 0.29) is 0 Å². The van der Waals surface area contributed by atoms with Crippen molar-refractivity contribution in [2.75, 3.05) is 4.90 Å². The van der Waals surface area contributed by atoms with E-state index in [2.05, 4.69) is 223 Å². The minimum Gasteiger partial charge on any atom is -0.456 e. The summed E-state index contributed by atoms with van der Waals surface area (Å²) in [7, 11) is 0. The Balaban J connectivity index is 1.09. The van der Waals surface area contributed by atoms with Crippen molar-refractivity contribution >= 4 is 48.6 Å². The summed E-state index contributed by atoms with van der Waals surface area (Å²) in [6.07, 6.45) is 0. The molecule has 0 saturated carbocycles. The molecule has 2 heterocycles. The van der Waals surface area contributed by atoms with Crippen LogP contribution in [0.1, 0.15) is 22.3 Å². The SMILES string of the molecule is c1ccc(N(c2ccc3c(c2)-c2ccccc2Oc2ccccc2-3)c2ccc3c(c2)C2(c4ccccc4-c4ccccc4-3)c3ccccc3-c3c2ccc2c3sc3ccccc32)cc1. The van der Waals surface area contributed by atoms with E-state index in [4.69, 9.17) is 4.74 Å². The number of ether oxygens (including phenoxy) is 1. The molecule has 64 heavy (non-hydrogen) atoms. The molecule has 10 aromatic carbocycles. The number of rotatable bonds is 3. The first-order chi connectivity index (χ1) is 31.8. The van der Waals surface area contributed by atoms with Crippen molar-refractivity contribution in [3.63, 3.8) is 0 Å². The van der Waals surface area contributed by atoms with Gasteiger partial charge in [-0.2, -0.15) is 0 Å². The molecule has 3 aliphatic rings. The van der Waals surface area contributed by atoms with Crippen molar-refractivity contribution in [2.24, 2.45) is 0 Å². The molecule has 14 rings (SSSR count). The second-order valence-corrected chi connectivity index (χ2v) is 18.1. The van der Waals surface area contributed by atoms with Gasteiger partial charge in [-0.05, 0) is 116 Å². The van der Waals surface area contributed by atoms with Gasteiger partial charge in [0.1, 0.15) is 11.5 Å². The number of hydrogen-bond acceptors (Lipinski definition) is 3. The van der Waals surface area contributed by atoms with Crippen molar-refractivity contribution in [1.29, 1.82) is 0 Å². The monoisotopic (exact) mass is 831 g/mol. The molecule has 0 fully saturated rings. The highest BCUT2D eigenvalue weighted by atomic mass is 32.1. The maximum absolute atomic E-state index is 6.63. The normalized spacial score (nSPS) is 14.8. The lowest BCUT2D eigenvalue weighted by atomic mass is 9.65. The average molecular weight is 832 g/mol. The maximum atomic E-state index is 6.63. The number of anilines is 3. The zero-order valence-electron chi connectivity index (χ0n) is 34.6. The fourth-order valence-electron chi connectivity index (χ4n) is 11.3. The summed E-state index contributed by atoms with van der Waals surface area (Å²) in [4.78, 5) is 2.44. The minimum absolute atomic E-state index is 0.632. The van der Waals surface area contributed by atoms with Crippen molar-refractivity contribution in [2.45, 2.75) is 5.41 Å². The van der Waals surface area contributed by atoms with E-state index >= 15 is 0 Å². The zero-order chi connectivity index (χ0) is 41.9. The van der Waals surface area contributed by atoms with Crippen LogP contribution in [0.25, 0.3) is 75.8 Å². The van der Waals surface area contributed by atoms with Crippen LogP contribution in [0.5, 0.6) is 11.5 Å². The quantitative estimate of drug-likeness (QED) is 0.176. The van der Waals surface area contributed by atoms with Crippen LogP contribution in [-0.2, 0) is 5.41 Å². The Bertz CT molecular complexity index is 3730. The number of benzene rings is 10. The van der Waals surface area contributed by atoms with E-state index in [9.17, 15) is 0 Å². The summed E-state index contributed by atoms with van der Waals surface area (Å²) >= 11 is 1.92. The lowest BCUT2D eigenvalue weighted by Crippen LogP contribution is -2.29. The third-order valence-corrected chi connectivity index (χ3v) is 15.1. The molecule has 2 aliphatic carbocycles. The molecule has 0 bridgehead atoms. The molecule has 2 nitrogen and oxygen atoms in total. The Hall–Kier alpha value is -7.98. The molecule has 1 aliphatic heterocycles. The van der Waals surface area contributed by atoms with Crippen LogP contribution in [0.3, 0.4) is 0 Å². The van der Waals surface area contributed by atoms with Crippen LogP contribution in [0.2, 0.25) is 0 Å². The van der Waals surface area contributed by atoms with Gasteiger partial charge in [-0.15, -0.1) is 11.3 Å². The van der Waals surface area contributed by atoms with Crippen LogP contribution in [0.15, 0.2) is 224 Å². The molecular formula is C61H37NOS. The van der Waals surface area contributed by atoms with Crippen LogP contribution >= 0.6 is 11.3 Å². The highest BCUT2D eigenvalue weighted by Gasteiger charge is 2.50. The molecule has 1 spiro atoms. The van der Waals surface area contributed by atoms with Crippen LogP contribution in [-0.4, -0.2) is 0 Å². The summed E-state index contributed by atoms with van der Waals surface area (Å²) in [6.45, 7) is 0. The first-order valence-corrected chi connectivity index (χ1v) is 22.8. The van der Waals surface area contributed by atoms with Gasteiger partial charge < -0.3 is 9.64 Å². The number of nitrogens with zero attached hydrogens (tertiary/aromatic N) is 1. The van der Waals surface area contributed by atoms with Crippen molar-refractivity contribution in [3.05, 3.63) is 247 Å². The van der Waals surface area contributed by atoms with Gasteiger partial charge in [0.2, 0.25) is 0 Å². The molecule has 1 aromatic heterocycles. The average Bonchev–Trinajstić information content (AvgIpc) is 3.80. The third-order valence-electron chi connectivity index (χ3n) is 13.9. The summed E-state index contributed by atoms with van der Waals surface area (Å²) in [6, 6.07) is 83.0. The molecule has 1 atom stereocenters. The van der Waals surface area contributed by atoms with Gasteiger partial charge in [-0.3, -0.25) is 0 Å². The largest absolute Gasteiger partial charge is 0.456 e. The summed E-state index contributed by atoms with van der Waals surface area (Å²) in [5, 5.41) is 2.63.